The van der Waals surface area contributed by atoms with Gasteiger partial charge in [0.2, 0.25) is 0 Å². The number of guanidine groups is 1. The summed E-state index contributed by atoms with van der Waals surface area (Å²) in [6, 6.07) is 14.5. The van der Waals surface area contributed by atoms with Crippen molar-refractivity contribution in [1.29, 1.82) is 0 Å². The van der Waals surface area contributed by atoms with E-state index in [0.29, 0.717) is 0 Å². The first-order valence-corrected chi connectivity index (χ1v) is 9.21. The van der Waals surface area contributed by atoms with Crippen LogP contribution in [0.2, 0.25) is 0 Å². The van der Waals surface area contributed by atoms with Gasteiger partial charge in [-0.2, -0.15) is 0 Å². The van der Waals surface area contributed by atoms with Crippen LogP contribution < -0.4 is 10.6 Å². The van der Waals surface area contributed by atoms with Crippen LogP contribution in [0.25, 0.3) is 0 Å². The van der Waals surface area contributed by atoms with E-state index < -0.39 is 0 Å². The van der Waals surface area contributed by atoms with Gasteiger partial charge in [0, 0.05) is 38.6 Å². The Morgan fingerprint density at radius 3 is 2.58 bits per heavy atom. The number of hydrogen-bond acceptors (Lipinski definition) is 3. The Hall–Kier alpha value is -2.40. The third-order valence-electron chi connectivity index (χ3n) is 4.15. The Balaban J connectivity index is 1.58. The monoisotopic (exact) mass is 354 g/mol. The standard InChI is InChI=1S/C21H30N4O/c1-17-10-11-19(16-25-17)12-14-24-21(22-3)23-13-7-15-26-18(2)20-8-5-4-6-9-20/h4-6,8-11,16,18H,7,12-15H2,1-3H3,(H2,22,23,24). The molecule has 5 nitrogen and oxygen atoms in total. The number of aromatic nitrogens is 1. The molecule has 0 fully saturated rings. The van der Waals surface area contributed by atoms with Crippen LogP contribution >= 0.6 is 0 Å². The summed E-state index contributed by atoms with van der Waals surface area (Å²) in [7, 11) is 1.79. The van der Waals surface area contributed by atoms with Gasteiger partial charge in [-0.15, -0.1) is 0 Å². The Morgan fingerprint density at radius 2 is 1.88 bits per heavy atom. The lowest BCUT2D eigenvalue weighted by molar-refractivity contribution is 0.0646. The van der Waals surface area contributed by atoms with Crippen molar-refractivity contribution in [2.75, 3.05) is 26.7 Å². The lowest BCUT2D eigenvalue weighted by Gasteiger charge is -2.15. The van der Waals surface area contributed by atoms with E-state index in [-0.39, 0.29) is 6.10 Å². The molecule has 1 heterocycles. The molecule has 2 aromatic rings. The lowest BCUT2D eigenvalue weighted by atomic mass is 10.1. The number of aliphatic imine (C=N–C) groups is 1. The molecule has 1 aromatic carbocycles. The molecule has 5 heteroatoms. The number of hydrogen-bond donors (Lipinski definition) is 2. The average Bonchev–Trinajstić information content (AvgIpc) is 2.68. The van der Waals surface area contributed by atoms with Crippen molar-refractivity contribution in [3.63, 3.8) is 0 Å². The predicted octanol–water partition coefficient (Wildman–Crippen LogP) is 3.27. The zero-order chi connectivity index (χ0) is 18.6. The molecule has 0 radical (unpaired) electrons. The van der Waals surface area contributed by atoms with E-state index in [1.54, 1.807) is 7.05 Å². The number of benzene rings is 1. The highest BCUT2D eigenvalue weighted by molar-refractivity contribution is 5.79. The van der Waals surface area contributed by atoms with Crippen molar-refractivity contribution in [2.45, 2.75) is 32.8 Å². The third kappa shape index (κ3) is 7.23. The summed E-state index contributed by atoms with van der Waals surface area (Å²) in [5.74, 6) is 0.821. The Morgan fingerprint density at radius 1 is 1.12 bits per heavy atom. The highest BCUT2D eigenvalue weighted by Gasteiger charge is 2.04. The smallest absolute Gasteiger partial charge is 0.190 e. The van der Waals surface area contributed by atoms with Crippen LogP contribution in [0.15, 0.2) is 53.7 Å². The number of nitrogens with one attached hydrogen (secondary N) is 2. The lowest BCUT2D eigenvalue weighted by Crippen LogP contribution is -2.39. The van der Waals surface area contributed by atoms with Crippen molar-refractivity contribution >= 4 is 5.96 Å². The fourth-order valence-electron chi connectivity index (χ4n) is 2.55. The summed E-state index contributed by atoms with van der Waals surface area (Å²) in [4.78, 5) is 8.57. The van der Waals surface area contributed by atoms with Crippen LogP contribution in [-0.4, -0.2) is 37.7 Å². The Bertz CT molecular complexity index is 655. The SMILES string of the molecule is CN=C(NCCCOC(C)c1ccccc1)NCCc1ccc(C)nc1. The number of aryl methyl sites for hydroxylation is 1. The highest BCUT2D eigenvalue weighted by atomic mass is 16.5. The van der Waals surface area contributed by atoms with Crippen molar-refractivity contribution in [1.82, 2.24) is 15.6 Å². The molecular formula is C21H30N4O. The van der Waals surface area contributed by atoms with E-state index in [0.717, 1.165) is 44.2 Å². The van der Waals surface area contributed by atoms with Crippen LogP contribution in [0.1, 0.15) is 36.3 Å². The minimum atomic E-state index is 0.122. The molecule has 2 rings (SSSR count). The van der Waals surface area contributed by atoms with Gasteiger partial charge in [0.1, 0.15) is 0 Å². The summed E-state index contributed by atoms with van der Waals surface area (Å²) in [6.07, 6.45) is 3.90. The Labute approximate surface area is 156 Å². The topological polar surface area (TPSA) is 58.5 Å². The molecule has 0 aliphatic heterocycles. The quantitative estimate of drug-likeness (QED) is 0.412. The first-order chi connectivity index (χ1) is 12.7. The van der Waals surface area contributed by atoms with E-state index in [9.17, 15) is 0 Å². The van der Waals surface area contributed by atoms with Gasteiger partial charge in [-0.3, -0.25) is 9.98 Å². The molecule has 1 aromatic heterocycles. The summed E-state index contributed by atoms with van der Waals surface area (Å²) in [6.45, 7) is 6.45. The number of ether oxygens (including phenoxy) is 1. The van der Waals surface area contributed by atoms with E-state index in [4.69, 9.17) is 4.74 Å². The van der Waals surface area contributed by atoms with Gasteiger partial charge < -0.3 is 15.4 Å². The van der Waals surface area contributed by atoms with Crippen molar-refractivity contribution in [2.24, 2.45) is 4.99 Å². The predicted molar refractivity (Wildman–Crippen MR) is 107 cm³/mol. The number of nitrogens with zero attached hydrogens (tertiary/aromatic N) is 2. The van der Waals surface area contributed by atoms with Crippen molar-refractivity contribution in [3.05, 3.63) is 65.5 Å². The maximum Gasteiger partial charge on any atom is 0.190 e. The van der Waals surface area contributed by atoms with Gasteiger partial charge in [-0.25, -0.2) is 0 Å². The molecule has 0 saturated carbocycles. The largest absolute Gasteiger partial charge is 0.374 e. The van der Waals surface area contributed by atoms with E-state index in [2.05, 4.69) is 45.7 Å². The second kappa shape index (κ2) is 11.3. The number of pyridine rings is 1. The molecule has 0 bridgehead atoms. The molecule has 26 heavy (non-hydrogen) atoms. The molecule has 0 amide bonds. The zero-order valence-corrected chi connectivity index (χ0v) is 16.0. The first kappa shape index (κ1) is 19.9. The minimum Gasteiger partial charge on any atom is -0.374 e. The number of rotatable bonds is 9. The highest BCUT2D eigenvalue weighted by Crippen LogP contribution is 2.15. The van der Waals surface area contributed by atoms with Crippen molar-refractivity contribution < 1.29 is 4.74 Å². The maximum absolute atomic E-state index is 5.88. The average molecular weight is 354 g/mol. The molecule has 0 saturated heterocycles. The molecular weight excluding hydrogens is 324 g/mol. The minimum absolute atomic E-state index is 0.122. The van der Waals surface area contributed by atoms with Gasteiger partial charge in [-0.05, 0) is 43.9 Å². The van der Waals surface area contributed by atoms with E-state index >= 15 is 0 Å². The molecule has 1 unspecified atom stereocenters. The van der Waals surface area contributed by atoms with Crippen LogP contribution in [-0.2, 0) is 11.2 Å². The molecule has 140 valence electrons. The summed E-state index contributed by atoms with van der Waals surface area (Å²) in [5.41, 5.74) is 3.48. The van der Waals surface area contributed by atoms with Crippen LogP contribution in [0.4, 0.5) is 0 Å². The maximum atomic E-state index is 5.88. The first-order valence-electron chi connectivity index (χ1n) is 9.21. The molecule has 0 aliphatic rings. The fourth-order valence-corrected chi connectivity index (χ4v) is 2.55. The fraction of sp³-hybridized carbons (Fsp3) is 0.429. The normalized spacial score (nSPS) is 12.7. The van der Waals surface area contributed by atoms with Gasteiger partial charge in [0.25, 0.3) is 0 Å². The third-order valence-corrected chi connectivity index (χ3v) is 4.15. The summed E-state index contributed by atoms with van der Waals surface area (Å²) >= 11 is 0. The van der Waals surface area contributed by atoms with E-state index in [1.807, 2.05) is 37.4 Å². The van der Waals surface area contributed by atoms with Crippen LogP contribution in [0, 0.1) is 6.92 Å². The van der Waals surface area contributed by atoms with Crippen LogP contribution in [0.5, 0.6) is 0 Å². The Kier molecular flexibility index (Phi) is 8.63. The second-order valence-corrected chi connectivity index (χ2v) is 6.26. The second-order valence-electron chi connectivity index (χ2n) is 6.26. The van der Waals surface area contributed by atoms with Gasteiger partial charge in [-0.1, -0.05) is 36.4 Å². The van der Waals surface area contributed by atoms with E-state index in [1.165, 1.54) is 11.1 Å². The van der Waals surface area contributed by atoms with Crippen LogP contribution in [0.3, 0.4) is 0 Å². The molecule has 0 spiro atoms. The zero-order valence-electron chi connectivity index (χ0n) is 16.0. The van der Waals surface area contributed by atoms with Gasteiger partial charge in [0.15, 0.2) is 5.96 Å². The van der Waals surface area contributed by atoms with Crippen molar-refractivity contribution in [3.8, 4) is 0 Å². The molecule has 1 atom stereocenters. The summed E-state index contributed by atoms with van der Waals surface area (Å²) < 4.78 is 5.88. The van der Waals surface area contributed by atoms with Gasteiger partial charge in [0.05, 0.1) is 6.10 Å². The molecule has 0 aliphatic carbocycles. The summed E-state index contributed by atoms with van der Waals surface area (Å²) in [5, 5.41) is 6.65. The van der Waals surface area contributed by atoms with Gasteiger partial charge >= 0.3 is 0 Å². The molecule has 2 N–H and O–H groups in total.